The summed E-state index contributed by atoms with van der Waals surface area (Å²) in [7, 11) is 4.05. The number of amides is 1. The molecule has 0 aliphatic rings. The number of rotatable bonds is 6. The van der Waals surface area contributed by atoms with Gasteiger partial charge in [0.25, 0.3) is 0 Å². The number of aromatic nitrogens is 1. The summed E-state index contributed by atoms with van der Waals surface area (Å²) in [6, 6.07) is 12.4. The monoisotopic (exact) mass is 297 g/mol. The average Bonchev–Trinajstić information content (AvgIpc) is 2.50. The lowest BCUT2D eigenvalue weighted by Crippen LogP contribution is -2.35. The van der Waals surface area contributed by atoms with Crippen molar-refractivity contribution in [2.75, 3.05) is 20.6 Å². The lowest BCUT2D eigenvalue weighted by molar-refractivity contribution is -0.120. The Bertz CT molecular complexity index is 593. The van der Waals surface area contributed by atoms with Gasteiger partial charge in [0.2, 0.25) is 5.91 Å². The van der Waals surface area contributed by atoms with Crippen LogP contribution >= 0.6 is 0 Å². The number of carbonyl (C=O) groups is 1. The molecule has 2 aromatic rings. The van der Waals surface area contributed by atoms with Crippen molar-refractivity contribution < 1.29 is 4.79 Å². The van der Waals surface area contributed by atoms with E-state index in [0.717, 1.165) is 5.56 Å². The summed E-state index contributed by atoms with van der Waals surface area (Å²) < 4.78 is 0. The van der Waals surface area contributed by atoms with Gasteiger partial charge < -0.3 is 10.2 Å². The van der Waals surface area contributed by atoms with Crippen molar-refractivity contribution in [1.82, 2.24) is 15.2 Å². The van der Waals surface area contributed by atoms with Crippen LogP contribution in [0.3, 0.4) is 0 Å². The van der Waals surface area contributed by atoms with Gasteiger partial charge in [-0.05, 0) is 38.2 Å². The van der Waals surface area contributed by atoms with Crippen LogP contribution in [0.15, 0.2) is 48.8 Å². The molecule has 1 amide bonds. The van der Waals surface area contributed by atoms with Crippen molar-refractivity contribution >= 4 is 5.91 Å². The van der Waals surface area contributed by atoms with E-state index < -0.39 is 0 Å². The average molecular weight is 297 g/mol. The standard InChI is InChI=1S/C18H23N3O/c1-14-6-8-16(9-7-14)17(21(2)3)13-20-18(22)11-15-5-4-10-19-12-15/h4-10,12,17H,11,13H2,1-3H3,(H,20,22). The van der Waals surface area contributed by atoms with Crippen LogP contribution in [0.4, 0.5) is 0 Å². The SMILES string of the molecule is Cc1ccc(C(CNC(=O)Cc2cccnc2)N(C)C)cc1. The Kier molecular flexibility index (Phi) is 5.67. The number of nitrogens with one attached hydrogen (secondary N) is 1. The molecule has 0 saturated carbocycles. The molecule has 0 fully saturated rings. The third-order valence-corrected chi connectivity index (χ3v) is 3.67. The van der Waals surface area contributed by atoms with Gasteiger partial charge in [0.05, 0.1) is 12.5 Å². The maximum atomic E-state index is 12.1. The number of nitrogens with zero attached hydrogens (tertiary/aromatic N) is 2. The predicted octanol–water partition coefficient (Wildman–Crippen LogP) is 2.35. The Morgan fingerprint density at radius 3 is 2.55 bits per heavy atom. The van der Waals surface area contributed by atoms with Crippen LogP contribution < -0.4 is 5.32 Å². The summed E-state index contributed by atoms with van der Waals surface area (Å²) in [6.07, 6.45) is 3.80. The molecule has 0 aliphatic carbocycles. The molecule has 1 atom stereocenters. The fourth-order valence-electron chi connectivity index (χ4n) is 2.35. The second kappa shape index (κ2) is 7.71. The van der Waals surface area contributed by atoms with E-state index in [1.807, 2.05) is 26.2 Å². The molecule has 4 heteroatoms. The number of hydrogen-bond donors (Lipinski definition) is 1. The van der Waals surface area contributed by atoms with Gasteiger partial charge in [-0.25, -0.2) is 0 Å². The highest BCUT2D eigenvalue weighted by Crippen LogP contribution is 2.17. The maximum Gasteiger partial charge on any atom is 0.224 e. The number of benzene rings is 1. The number of hydrogen-bond acceptors (Lipinski definition) is 3. The van der Waals surface area contributed by atoms with Gasteiger partial charge in [0, 0.05) is 18.9 Å². The highest BCUT2D eigenvalue weighted by atomic mass is 16.1. The summed E-state index contributed by atoms with van der Waals surface area (Å²) in [6.45, 7) is 2.67. The van der Waals surface area contributed by atoms with Crippen LogP contribution in [0, 0.1) is 6.92 Å². The second-order valence-electron chi connectivity index (χ2n) is 5.73. The molecule has 2 rings (SSSR count). The topological polar surface area (TPSA) is 45.2 Å². The summed E-state index contributed by atoms with van der Waals surface area (Å²) in [5.41, 5.74) is 3.37. The number of pyridine rings is 1. The van der Waals surface area contributed by atoms with Crippen LogP contribution in [-0.4, -0.2) is 36.4 Å². The van der Waals surface area contributed by atoms with Crippen LogP contribution in [0.1, 0.15) is 22.7 Å². The fraction of sp³-hybridized carbons (Fsp3) is 0.333. The minimum atomic E-state index is 0.0203. The van der Waals surface area contributed by atoms with Crippen LogP contribution in [-0.2, 0) is 11.2 Å². The minimum absolute atomic E-state index is 0.0203. The fourth-order valence-corrected chi connectivity index (χ4v) is 2.35. The second-order valence-corrected chi connectivity index (χ2v) is 5.73. The predicted molar refractivity (Wildman–Crippen MR) is 88.6 cm³/mol. The molecule has 1 unspecified atom stereocenters. The molecular weight excluding hydrogens is 274 g/mol. The normalized spacial score (nSPS) is 12.2. The van der Waals surface area contributed by atoms with Gasteiger partial charge >= 0.3 is 0 Å². The third-order valence-electron chi connectivity index (χ3n) is 3.67. The zero-order valence-corrected chi connectivity index (χ0v) is 13.4. The molecule has 0 bridgehead atoms. The Morgan fingerprint density at radius 2 is 1.95 bits per heavy atom. The van der Waals surface area contributed by atoms with Gasteiger partial charge in [0.1, 0.15) is 0 Å². The molecule has 0 saturated heterocycles. The first-order chi connectivity index (χ1) is 10.6. The van der Waals surface area contributed by atoms with Crippen LogP contribution in [0.5, 0.6) is 0 Å². The summed E-state index contributed by atoms with van der Waals surface area (Å²) in [4.78, 5) is 18.2. The van der Waals surface area contributed by atoms with E-state index in [1.165, 1.54) is 11.1 Å². The maximum absolute atomic E-state index is 12.1. The van der Waals surface area contributed by atoms with Gasteiger partial charge in [-0.15, -0.1) is 0 Å². The van der Waals surface area contributed by atoms with E-state index in [1.54, 1.807) is 12.4 Å². The van der Waals surface area contributed by atoms with E-state index in [-0.39, 0.29) is 11.9 Å². The van der Waals surface area contributed by atoms with Crippen LogP contribution in [0.25, 0.3) is 0 Å². The summed E-state index contributed by atoms with van der Waals surface area (Å²) in [5, 5.41) is 3.02. The van der Waals surface area contributed by atoms with E-state index in [4.69, 9.17) is 0 Å². The molecule has 1 aromatic heterocycles. The van der Waals surface area contributed by atoms with Crippen molar-refractivity contribution in [1.29, 1.82) is 0 Å². The third kappa shape index (κ3) is 4.67. The molecule has 1 aromatic carbocycles. The molecule has 0 radical (unpaired) electrons. The first-order valence-electron chi connectivity index (χ1n) is 7.45. The lowest BCUT2D eigenvalue weighted by Gasteiger charge is -2.25. The Hall–Kier alpha value is -2.20. The van der Waals surface area contributed by atoms with Gasteiger partial charge in [0.15, 0.2) is 0 Å². The summed E-state index contributed by atoms with van der Waals surface area (Å²) >= 11 is 0. The molecular formula is C18H23N3O. The number of aryl methyl sites for hydroxylation is 1. The van der Waals surface area contributed by atoms with Crippen molar-refractivity contribution in [2.45, 2.75) is 19.4 Å². The molecule has 1 N–H and O–H groups in total. The van der Waals surface area contributed by atoms with Gasteiger partial charge in [-0.3, -0.25) is 9.78 Å². The Morgan fingerprint density at radius 1 is 1.23 bits per heavy atom. The van der Waals surface area contributed by atoms with Crippen molar-refractivity contribution in [3.8, 4) is 0 Å². The smallest absolute Gasteiger partial charge is 0.224 e. The van der Waals surface area contributed by atoms with Crippen molar-refractivity contribution in [3.05, 3.63) is 65.5 Å². The highest BCUT2D eigenvalue weighted by molar-refractivity contribution is 5.78. The van der Waals surface area contributed by atoms with E-state index in [9.17, 15) is 4.79 Å². The van der Waals surface area contributed by atoms with Gasteiger partial charge in [-0.2, -0.15) is 0 Å². The number of likely N-dealkylation sites (N-methyl/N-ethyl adjacent to an activating group) is 1. The molecule has 0 aliphatic heterocycles. The van der Waals surface area contributed by atoms with E-state index in [2.05, 4.69) is 46.4 Å². The molecule has 1 heterocycles. The zero-order chi connectivity index (χ0) is 15.9. The summed E-state index contributed by atoms with van der Waals surface area (Å²) in [5.74, 6) is 0.0203. The number of carbonyl (C=O) groups excluding carboxylic acids is 1. The molecule has 4 nitrogen and oxygen atoms in total. The quantitative estimate of drug-likeness (QED) is 0.890. The van der Waals surface area contributed by atoms with E-state index in [0.29, 0.717) is 13.0 Å². The first-order valence-corrected chi connectivity index (χ1v) is 7.45. The molecule has 116 valence electrons. The molecule has 22 heavy (non-hydrogen) atoms. The highest BCUT2D eigenvalue weighted by Gasteiger charge is 2.15. The Labute approximate surface area is 132 Å². The van der Waals surface area contributed by atoms with Crippen LogP contribution in [0.2, 0.25) is 0 Å². The lowest BCUT2D eigenvalue weighted by atomic mass is 10.0. The minimum Gasteiger partial charge on any atom is -0.354 e. The first kappa shape index (κ1) is 16.2. The largest absolute Gasteiger partial charge is 0.354 e. The zero-order valence-electron chi connectivity index (χ0n) is 13.4. The molecule has 0 spiro atoms. The Balaban J connectivity index is 1.94. The van der Waals surface area contributed by atoms with Crippen molar-refractivity contribution in [3.63, 3.8) is 0 Å². The van der Waals surface area contributed by atoms with E-state index >= 15 is 0 Å². The van der Waals surface area contributed by atoms with Crippen molar-refractivity contribution in [2.24, 2.45) is 0 Å². The van der Waals surface area contributed by atoms with Gasteiger partial charge in [-0.1, -0.05) is 35.9 Å².